The van der Waals surface area contributed by atoms with E-state index in [9.17, 15) is 9.59 Å². The highest BCUT2D eigenvalue weighted by Gasteiger charge is 2.36. The maximum atomic E-state index is 12.1. The summed E-state index contributed by atoms with van der Waals surface area (Å²) in [6, 6.07) is 6.57. The molecule has 1 aromatic rings. The van der Waals surface area contributed by atoms with Gasteiger partial charge in [0.2, 0.25) is 5.91 Å². The van der Waals surface area contributed by atoms with Gasteiger partial charge in [-0.1, -0.05) is 0 Å². The van der Waals surface area contributed by atoms with Gasteiger partial charge in [0.05, 0.1) is 13.7 Å². The maximum Gasteiger partial charge on any atom is 0.320 e. The molecule has 1 aliphatic rings. The summed E-state index contributed by atoms with van der Waals surface area (Å²) < 4.78 is 5.05. The Kier molecular flexibility index (Phi) is 4.80. The van der Waals surface area contributed by atoms with Crippen LogP contribution in [0.25, 0.3) is 0 Å². The molecule has 1 aromatic carbocycles. The third-order valence-electron chi connectivity index (χ3n) is 3.57. The second kappa shape index (κ2) is 6.58. The molecule has 1 amide bonds. The minimum absolute atomic E-state index is 0.0875. The van der Waals surface area contributed by atoms with E-state index in [1.165, 1.54) is 0 Å². The zero-order chi connectivity index (χ0) is 15.4. The number of hydrogen-bond donors (Lipinski definition) is 2. The summed E-state index contributed by atoms with van der Waals surface area (Å²) in [5.41, 5.74) is 0.666. The fourth-order valence-electron chi connectivity index (χ4n) is 2.17. The van der Waals surface area contributed by atoms with Crippen LogP contribution in [0.15, 0.2) is 24.3 Å². The maximum absolute atomic E-state index is 12.1. The molecule has 1 unspecified atom stereocenters. The van der Waals surface area contributed by atoms with Crippen LogP contribution in [-0.2, 0) is 9.59 Å². The van der Waals surface area contributed by atoms with Crippen molar-refractivity contribution in [1.29, 1.82) is 0 Å². The highest BCUT2D eigenvalue weighted by molar-refractivity contribution is 5.92. The molecule has 1 saturated carbocycles. The van der Waals surface area contributed by atoms with Crippen LogP contribution in [-0.4, -0.2) is 47.6 Å². The first kappa shape index (κ1) is 15.3. The second-order valence-corrected chi connectivity index (χ2v) is 5.19. The number of nitrogens with one attached hydrogen (secondary N) is 1. The molecule has 1 atom stereocenters. The van der Waals surface area contributed by atoms with Crippen molar-refractivity contribution in [3.05, 3.63) is 24.3 Å². The van der Waals surface area contributed by atoms with E-state index in [2.05, 4.69) is 5.32 Å². The quantitative estimate of drug-likeness (QED) is 0.797. The number of rotatable bonds is 7. The molecule has 1 aliphatic carbocycles. The number of carboxylic acids is 1. The fourth-order valence-corrected chi connectivity index (χ4v) is 2.17. The average Bonchev–Trinajstić information content (AvgIpc) is 3.29. The standard InChI is InChI=1S/C15H20N2O4/c1-10(15(19)20)17(12-5-6-12)9-14(18)16-11-3-7-13(21-2)8-4-11/h3-4,7-8,10,12H,5-6,9H2,1-2H3,(H,16,18)(H,19,20). The first-order chi connectivity index (χ1) is 10.0. The van der Waals surface area contributed by atoms with Gasteiger partial charge in [0.25, 0.3) is 0 Å². The summed E-state index contributed by atoms with van der Waals surface area (Å²) in [6.45, 7) is 1.70. The number of nitrogens with zero attached hydrogens (tertiary/aromatic N) is 1. The van der Waals surface area contributed by atoms with Gasteiger partial charge in [0.15, 0.2) is 0 Å². The molecule has 6 nitrogen and oxygen atoms in total. The van der Waals surface area contributed by atoms with Crippen molar-refractivity contribution < 1.29 is 19.4 Å². The number of aliphatic carboxylic acids is 1. The Morgan fingerprint density at radius 3 is 2.48 bits per heavy atom. The highest BCUT2D eigenvalue weighted by Crippen LogP contribution is 2.28. The Bertz CT molecular complexity index is 511. The minimum atomic E-state index is -0.904. The van der Waals surface area contributed by atoms with Crippen molar-refractivity contribution in [3.8, 4) is 5.75 Å². The molecule has 0 heterocycles. The number of carbonyl (C=O) groups excluding carboxylic acids is 1. The first-order valence-electron chi connectivity index (χ1n) is 6.93. The second-order valence-electron chi connectivity index (χ2n) is 5.19. The molecule has 2 N–H and O–H groups in total. The summed E-state index contributed by atoms with van der Waals surface area (Å²) in [5, 5.41) is 11.9. The summed E-state index contributed by atoms with van der Waals surface area (Å²) in [5.74, 6) is -0.397. The molecule has 0 bridgehead atoms. The molecule has 0 radical (unpaired) electrons. The third-order valence-corrected chi connectivity index (χ3v) is 3.57. The van der Waals surface area contributed by atoms with Crippen molar-refractivity contribution >= 4 is 17.6 Å². The molecule has 0 aromatic heterocycles. The molecular weight excluding hydrogens is 272 g/mol. The van der Waals surface area contributed by atoms with Crippen molar-refractivity contribution in [1.82, 2.24) is 4.90 Å². The first-order valence-corrected chi connectivity index (χ1v) is 6.93. The number of hydrogen-bond acceptors (Lipinski definition) is 4. The number of carbonyl (C=O) groups is 2. The van der Waals surface area contributed by atoms with Crippen LogP contribution in [0, 0.1) is 0 Å². The molecule has 114 valence electrons. The summed E-state index contributed by atoms with van der Waals surface area (Å²) in [6.07, 6.45) is 1.90. The fraction of sp³-hybridized carbons (Fsp3) is 0.467. The van der Waals surface area contributed by atoms with E-state index >= 15 is 0 Å². The summed E-state index contributed by atoms with van der Waals surface area (Å²) in [7, 11) is 1.58. The van der Waals surface area contributed by atoms with Gasteiger partial charge in [-0.05, 0) is 44.0 Å². The van der Waals surface area contributed by atoms with Crippen LogP contribution in [0.2, 0.25) is 0 Å². The van der Waals surface area contributed by atoms with E-state index in [0.29, 0.717) is 11.4 Å². The third kappa shape index (κ3) is 4.19. The van der Waals surface area contributed by atoms with Gasteiger partial charge in [-0.2, -0.15) is 0 Å². The molecule has 1 fully saturated rings. The Morgan fingerprint density at radius 1 is 1.38 bits per heavy atom. The number of ether oxygens (including phenoxy) is 1. The molecule has 21 heavy (non-hydrogen) atoms. The smallest absolute Gasteiger partial charge is 0.320 e. The van der Waals surface area contributed by atoms with Gasteiger partial charge in [0, 0.05) is 11.7 Å². The predicted octanol–water partition coefficient (Wildman–Crippen LogP) is 1.57. The van der Waals surface area contributed by atoms with E-state index in [4.69, 9.17) is 9.84 Å². The zero-order valence-electron chi connectivity index (χ0n) is 12.2. The van der Waals surface area contributed by atoms with Crippen LogP contribution in [0.3, 0.4) is 0 Å². The van der Waals surface area contributed by atoms with E-state index in [-0.39, 0.29) is 18.5 Å². The Morgan fingerprint density at radius 2 is 2.00 bits per heavy atom. The van der Waals surface area contributed by atoms with Crippen LogP contribution in [0.5, 0.6) is 5.75 Å². The van der Waals surface area contributed by atoms with E-state index in [1.54, 1.807) is 43.2 Å². The lowest BCUT2D eigenvalue weighted by Gasteiger charge is -2.25. The monoisotopic (exact) mass is 292 g/mol. The number of methoxy groups -OCH3 is 1. The molecule has 0 spiro atoms. The normalized spacial score (nSPS) is 15.6. The van der Waals surface area contributed by atoms with Gasteiger partial charge in [0.1, 0.15) is 11.8 Å². The Hall–Kier alpha value is -2.08. The van der Waals surface area contributed by atoms with Gasteiger partial charge in [-0.15, -0.1) is 0 Å². The summed E-state index contributed by atoms with van der Waals surface area (Å²) >= 11 is 0. The van der Waals surface area contributed by atoms with Gasteiger partial charge in [-0.25, -0.2) is 0 Å². The largest absolute Gasteiger partial charge is 0.497 e. The van der Waals surface area contributed by atoms with Crippen LogP contribution >= 0.6 is 0 Å². The average molecular weight is 292 g/mol. The van der Waals surface area contributed by atoms with Crippen LogP contribution in [0.4, 0.5) is 5.69 Å². The SMILES string of the molecule is COc1ccc(NC(=O)CN(C2CC2)C(C)C(=O)O)cc1. The molecular formula is C15H20N2O4. The predicted molar refractivity (Wildman–Crippen MR) is 78.4 cm³/mol. The van der Waals surface area contributed by atoms with Gasteiger partial charge >= 0.3 is 5.97 Å². The molecule has 0 aliphatic heterocycles. The Balaban J connectivity index is 1.94. The van der Waals surface area contributed by atoms with Crippen LogP contribution in [0.1, 0.15) is 19.8 Å². The highest BCUT2D eigenvalue weighted by atomic mass is 16.5. The van der Waals surface area contributed by atoms with E-state index in [1.807, 2.05) is 0 Å². The van der Waals surface area contributed by atoms with Crippen molar-refractivity contribution in [2.75, 3.05) is 19.0 Å². The number of amides is 1. The molecule has 2 rings (SSSR count). The molecule has 0 saturated heterocycles. The van der Waals surface area contributed by atoms with Gasteiger partial charge in [-0.3, -0.25) is 14.5 Å². The lowest BCUT2D eigenvalue weighted by molar-refractivity contribution is -0.143. The molecule has 6 heteroatoms. The lowest BCUT2D eigenvalue weighted by Crippen LogP contribution is -2.44. The van der Waals surface area contributed by atoms with Crippen molar-refractivity contribution in [3.63, 3.8) is 0 Å². The minimum Gasteiger partial charge on any atom is -0.497 e. The van der Waals surface area contributed by atoms with E-state index in [0.717, 1.165) is 12.8 Å². The van der Waals surface area contributed by atoms with E-state index < -0.39 is 12.0 Å². The van der Waals surface area contributed by atoms with Crippen molar-refractivity contribution in [2.45, 2.75) is 31.8 Å². The lowest BCUT2D eigenvalue weighted by atomic mass is 10.2. The van der Waals surface area contributed by atoms with Gasteiger partial charge < -0.3 is 15.2 Å². The summed E-state index contributed by atoms with van der Waals surface area (Å²) in [4.78, 5) is 24.9. The number of carboxylic acid groups (broad SMARTS) is 1. The zero-order valence-corrected chi connectivity index (χ0v) is 12.2. The van der Waals surface area contributed by atoms with Crippen LogP contribution < -0.4 is 10.1 Å². The van der Waals surface area contributed by atoms with Crippen molar-refractivity contribution in [2.24, 2.45) is 0 Å². The number of anilines is 1. The number of benzene rings is 1. The Labute approximate surface area is 123 Å². The topological polar surface area (TPSA) is 78.9 Å².